The maximum absolute atomic E-state index is 12.1. The van der Waals surface area contributed by atoms with Gasteiger partial charge in [0, 0.05) is 12.6 Å². The lowest BCUT2D eigenvalue weighted by molar-refractivity contribution is 0.102. The highest BCUT2D eigenvalue weighted by atomic mass is 16.5. The number of methoxy groups -OCH3 is 2. The van der Waals surface area contributed by atoms with Crippen molar-refractivity contribution in [2.45, 2.75) is 13.3 Å². The van der Waals surface area contributed by atoms with E-state index in [2.05, 4.69) is 26.0 Å². The Bertz CT molecular complexity index is 940. The molecule has 0 aliphatic carbocycles. The maximum atomic E-state index is 12.1. The van der Waals surface area contributed by atoms with E-state index in [4.69, 9.17) is 14.0 Å². The number of anilines is 2. The number of carbonyl (C=O) groups is 1. The van der Waals surface area contributed by atoms with Crippen LogP contribution in [0.25, 0.3) is 0 Å². The first kappa shape index (κ1) is 19.2. The average molecular weight is 383 g/mol. The summed E-state index contributed by atoms with van der Waals surface area (Å²) in [7, 11) is 3.21. The summed E-state index contributed by atoms with van der Waals surface area (Å²) in [6.07, 6.45) is 0.760. The van der Waals surface area contributed by atoms with Gasteiger partial charge in [0.05, 0.1) is 14.2 Å². The van der Waals surface area contributed by atoms with E-state index in [1.165, 1.54) is 0 Å². The van der Waals surface area contributed by atoms with Crippen molar-refractivity contribution in [3.63, 3.8) is 0 Å². The van der Waals surface area contributed by atoms with Crippen molar-refractivity contribution in [3.05, 3.63) is 53.4 Å². The van der Waals surface area contributed by atoms with Crippen molar-refractivity contribution >= 4 is 17.5 Å². The van der Waals surface area contributed by atoms with Gasteiger partial charge >= 0.3 is 0 Å². The monoisotopic (exact) mass is 383 g/mol. The number of amides is 1. The third-order valence-electron chi connectivity index (χ3n) is 3.93. The molecule has 0 saturated heterocycles. The van der Waals surface area contributed by atoms with Crippen molar-refractivity contribution in [1.82, 2.24) is 15.4 Å². The zero-order valence-corrected chi connectivity index (χ0v) is 15.9. The molecule has 0 bridgehead atoms. The summed E-state index contributed by atoms with van der Waals surface area (Å²) in [5.41, 5.74) is 1.28. The van der Waals surface area contributed by atoms with Gasteiger partial charge in [0.1, 0.15) is 11.6 Å². The quantitative estimate of drug-likeness (QED) is 0.611. The van der Waals surface area contributed by atoms with Gasteiger partial charge < -0.3 is 24.6 Å². The topological polar surface area (TPSA) is 111 Å². The Morgan fingerprint density at radius 3 is 2.50 bits per heavy atom. The van der Waals surface area contributed by atoms with Crippen LogP contribution in [0.5, 0.6) is 11.5 Å². The fraction of sp³-hybridized carbons (Fsp3) is 0.263. The molecule has 3 aromatic rings. The van der Waals surface area contributed by atoms with E-state index < -0.39 is 5.91 Å². The van der Waals surface area contributed by atoms with E-state index in [1.54, 1.807) is 39.3 Å². The smallest absolute Gasteiger partial charge is 0.277 e. The predicted molar refractivity (Wildman–Crippen MR) is 103 cm³/mol. The van der Waals surface area contributed by atoms with E-state index in [9.17, 15) is 4.79 Å². The van der Waals surface area contributed by atoms with Crippen molar-refractivity contribution < 1.29 is 18.8 Å². The second kappa shape index (κ2) is 8.85. The molecule has 1 amide bonds. The van der Waals surface area contributed by atoms with Crippen LogP contribution in [0.1, 0.15) is 21.8 Å². The molecular weight excluding hydrogens is 362 g/mol. The number of rotatable bonds is 8. The molecule has 0 spiro atoms. The van der Waals surface area contributed by atoms with Crippen LogP contribution in [-0.4, -0.2) is 42.0 Å². The molecule has 0 unspecified atom stereocenters. The second-order valence-corrected chi connectivity index (χ2v) is 5.95. The molecule has 9 nitrogen and oxygen atoms in total. The maximum Gasteiger partial charge on any atom is 0.277 e. The molecule has 0 aliphatic rings. The molecule has 146 valence electrons. The van der Waals surface area contributed by atoms with Gasteiger partial charge in [-0.05, 0) is 43.2 Å². The molecule has 0 radical (unpaired) electrons. The summed E-state index contributed by atoms with van der Waals surface area (Å²) >= 11 is 0. The zero-order chi connectivity index (χ0) is 19.9. The lowest BCUT2D eigenvalue weighted by Gasteiger charge is -2.10. The van der Waals surface area contributed by atoms with Crippen molar-refractivity contribution in [2.24, 2.45) is 0 Å². The van der Waals surface area contributed by atoms with E-state index in [0.29, 0.717) is 35.4 Å². The van der Waals surface area contributed by atoms with Gasteiger partial charge in [-0.25, -0.2) is 0 Å². The minimum Gasteiger partial charge on any atom is -0.493 e. The number of hydrogen-bond donors (Lipinski definition) is 2. The van der Waals surface area contributed by atoms with Crippen molar-refractivity contribution in [2.75, 3.05) is 31.4 Å². The average Bonchev–Trinajstić information content (AvgIpc) is 3.12. The highest BCUT2D eigenvalue weighted by molar-refractivity contribution is 6.02. The van der Waals surface area contributed by atoms with E-state index in [1.807, 2.05) is 18.2 Å². The molecule has 9 heteroatoms. The van der Waals surface area contributed by atoms with Gasteiger partial charge in [-0.2, -0.15) is 0 Å². The van der Waals surface area contributed by atoms with Gasteiger partial charge in [0.2, 0.25) is 0 Å². The van der Waals surface area contributed by atoms with Crippen molar-refractivity contribution in [1.29, 1.82) is 0 Å². The molecule has 2 heterocycles. The Balaban J connectivity index is 1.52. The second-order valence-electron chi connectivity index (χ2n) is 5.95. The fourth-order valence-corrected chi connectivity index (χ4v) is 2.52. The first-order valence-corrected chi connectivity index (χ1v) is 8.62. The minimum absolute atomic E-state index is 0.186. The Kier molecular flexibility index (Phi) is 6.05. The standard InChI is InChI=1S/C19H21N5O4/c1-12-10-18(24-28-12)21-19(25)14-5-7-17(23-22-14)20-9-8-13-4-6-15(26-2)16(11-13)27-3/h4-7,10-11H,8-9H2,1-3H3,(H,20,23)(H,21,24,25). The zero-order valence-electron chi connectivity index (χ0n) is 15.9. The fourth-order valence-electron chi connectivity index (χ4n) is 2.52. The van der Waals surface area contributed by atoms with Crippen LogP contribution in [-0.2, 0) is 6.42 Å². The number of hydrogen-bond acceptors (Lipinski definition) is 8. The van der Waals surface area contributed by atoms with Crippen LogP contribution in [0.4, 0.5) is 11.6 Å². The summed E-state index contributed by atoms with van der Waals surface area (Å²) in [6.45, 7) is 2.39. The molecule has 0 atom stereocenters. The molecule has 3 rings (SSSR count). The molecule has 1 aromatic carbocycles. The van der Waals surface area contributed by atoms with E-state index in [0.717, 1.165) is 12.0 Å². The molecule has 0 aliphatic heterocycles. The normalized spacial score (nSPS) is 10.4. The van der Waals surface area contributed by atoms with E-state index in [-0.39, 0.29) is 5.69 Å². The third-order valence-corrected chi connectivity index (χ3v) is 3.93. The highest BCUT2D eigenvalue weighted by Crippen LogP contribution is 2.27. The van der Waals surface area contributed by atoms with E-state index >= 15 is 0 Å². The van der Waals surface area contributed by atoms with Crippen LogP contribution in [0.15, 0.2) is 40.9 Å². The summed E-state index contributed by atoms with van der Waals surface area (Å²) in [5, 5.41) is 17.4. The lowest BCUT2D eigenvalue weighted by atomic mass is 10.1. The van der Waals surface area contributed by atoms with Gasteiger partial charge in [0.25, 0.3) is 5.91 Å². The highest BCUT2D eigenvalue weighted by Gasteiger charge is 2.11. The molecule has 0 fully saturated rings. The molecule has 2 aromatic heterocycles. The molecule has 0 saturated carbocycles. The third kappa shape index (κ3) is 4.76. The predicted octanol–water partition coefficient (Wildman–Crippen LogP) is 2.70. The Labute approximate surface area is 162 Å². The number of carbonyl (C=O) groups excluding carboxylic acids is 1. The van der Waals surface area contributed by atoms with Crippen LogP contribution >= 0.6 is 0 Å². The van der Waals surface area contributed by atoms with Crippen LogP contribution in [0.2, 0.25) is 0 Å². The minimum atomic E-state index is -0.405. The van der Waals surface area contributed by atoms with Gasteiger partial charge in [-0.3, -0.25) is 4.79 Å². The molecular formula is C19H21N5O4. The van der Waals surface area contributed by atoms with Gasteiger partial charge in [0.15, 0.2) is 23.0 Å². The number of benzene rings is 1. The van der Waals surface area contributed by atoms with Gasteiger partial charge in [-0.1, -0.05) is 11.2 Å². The van der Waals surface area contributed by atoms with Crippen LogP contribution in [0.3, 0.4) is 0 Å². The Hall–Kier alpha value is -3.62. The van der Waals surface area contributed by atoms with Crippen LogP contribution < -0.4 is 20.1 Å². The lowest BCUT2D eigenvalue weighted by Crippen LogP contribution is -2.15. The van der Waals surface area contributed by atoms with Crippen LogP contribution in [0, 0.1) is 6.92 Å². The number of aromatic nitrogens is 3. The number of nitrogens with zero attached hydrogens (tertiary/aromatic N) is 3. The number of aryl methyl sites for hydroxylation is 1. The molecule has 28 heavy (non-hydrogen) atoms. The first-order valence-electron chi connectivity index (χ1n) is 8.62. The molecule has 2 N–H and O–H groups in total. The summed E-state index contributed by atoms with van der Waals surface area (Å²) in [6, 6.07) is 10.7. The summed E-state index contributed by atoms with van der Waals surface area (Å²) in [5.74, 6) is 2.50. The largest absolute Gasteiger partial charge is 0.493 e. The Morgan fingerprint density at radius 2 is 1.86 bits per heavy atom. The van der Waals surface area contributed by atoms with Gasteiger partial charge in [-0.15, -0.1) is 10.2 Å². The van der Waals surface area contributed by atoms with Crippen molar-refractivity contribution in [3.8, 4) is 11.5 Å². The number of ether oxygens (including phenoxy) is 2. The summed E-state index contributed by atoms with van der Waals surface area (Å²) < 4.78 is 15.4. The first-order chi connectivity index (χ1) is 13.6. The Morgan fingerprint density at radius 1 is 1.04 bits per heavy atom. The number of nitrogens with one attached hydrogen (secondary N) is 2. The summed E-state index contributed by atoms with van der Waals surface area (Å²) in [4.78, 5) is 12.1. The SMILES string of the molecule is COc1ccc(CCNc2ccc(C(=O)Nc3cc(C)on3)nn2)cc1OC.